The largest absolute Gasteiger partial charge is 0.490 e. The summed E-state index contributed by atoms with van der Waals surface area (Å²) in [5, 5.41) is 24.4. The second kappa shape index (κ2) is 12.9. The van der Waals surface area contributed by atoms with Crippen LogP contribution < -0.4 is 15.2 Å². The lowest BCUT2D eigenvalue weighted by Gasteiger charge is -2.16. The summed E-state index contributed by atoms with van der Waals surface area (Å²) in [5.41, 5.74) is 7.04. The maximum Gasteiger partial charge on any atom is 0.490 e. The molecule has 0 radical (unpaired) electrons. The average molecular weight is 602 g/mol. The third-order valence-electron chi connectivity index (χ3n) is 5.37. The molecule has 0 atom stereocenters. The molecule has 0 heterocycles. The van der Waals surface area contributed by atoms with Gasteiger partial charge in [-0.25, -0.2) is 18.0 Å². The summed E-state index contributed by atoms with van der Waals surface area (Å²) in [6, 6.07) is 25.5. The number of sulfonamides is 1. The minimum atomic E-state index is -5.08. The molecular formula is C28H22F3N3O7S. The van der Waals surface area contributed by atoms with E-state index in [-0.39, 0.29) is 22.0 Å². The third-order valence-corrected chi connectivity index (χ3v) is 6.77. The fourth-order valence-corrected chi connectivity index (χ4v) is 4.51. The first-order valence-electron chi connectivity index (χ1n) is 11.7. The lowest BCUT2D eigenvalue weighted by Crippen LogP contribution is -2.21. The van der Waals surface area contributed by atoms with Crippen LogP contribution in [0, 0.1) is 5.41 Å². The van der Waals surface area contributed by atoms with E-state index >= 15 is 0 Å². The highest BCUT2D eigenvalue weighted by atomic mass is 32.2. The number of hydrogen-bond acceptors (Lipinski definition) is 6. The van der Waals surface area contributed by atoms with Crippen molar-refractivity contribution in [1.82, 2.24) is 0 Å². The van der Waals surface area contributed by atoms with Gasteiger partial charge in [0.1, 0.15) is 17.3 Å². The Bertz CT molecular complexity index is 1710. The standard InChI is InChI=1S/C26H21N3O5S.C2HF3O2/c27-25(28)17-10-13-19(14-11-17)34-24-15-12-18(29-35(32,33)20-6-2-1-3-7-20)16-23(24)21-8-4-5-9-22(21)26(30)31;3-2(4,5)1(6)7/h1-16,29H,(H3,27,28)(H,30,31);(H,6,7). The lowest BCUT2D eigenvalue weighted by molar-refractivity contribution is -0.192. The van der Waals surface area contributed by atoms with Gasteiger partial charge in [0.15, 0.2) is 0 Å². The van der Waals surface area contributed by atoms with Gasteiger partial charge in [0.25, 0.3) is 10.0 Å². The number of aromatic carboxylic acids is 1. The maximum absolute atomic E-state index is 12.8. The number of nitrogens with two attached hydrogens (primary N) is 1. The predicted octanol–water partition coefficient (Wildman–Crippen LogP) is 5.56. The van der Waals surface area contributed by atoms with E-state index in [2.05, 4.69) is 4.72 Å². The van der Waals surface area contributed by atoms with Crippen molar-refractivity contribution in [3.8, 4) is 22.6 Å². The van der Waals surface area contributed by atoms with Crippen molar-refractivity contribution in [3.63, 3.8) is 0 Å². The van der Waals surface area contributed by atoms with Gasteiger partial charge in [-0.3, -0.25) is 10.1 Å². The van der Waals surface area contributed by atoms with Gasteiger partial charge >= 0.3 is 18.1 Å². The number of carboxylic acids is 2. The number of anilines is 1. The predicted molar refractivity (Wildman–Crippen MR) is 147 cm³/mol. The number of carboxylic acid groups (broad SMARTS) is 2. The zero-order chi connectivity index (χ0) is 31.1. The quantitative estimate of drug-likeness (QED) is 0.129. The number of amidine groups is 1. The fourth-order valence-electron chi connectivity index (χ4n) is 3.44. The molecule has 218 valence electrons. The molecule has 0 saturated carbocycles. The first kappa shape index (κ1) is 31.2. The Morgan fingerprint density at radius 2 is 1.40 bits per heavy atom. The summed E-state index contributed by atoms with van der Waals surface area (Å²) in [6.07, 6.45) is -5.08. The highest BCUT2D eigenvalue weighted by molar-refractivity contribution is 7.92. The van der Waals surface area contributed by atoms with Gasteiger partial charge in [0.2, 0.25) is 0 Å². The number of halogens is 3. The Balaban J connectivity index is 0.000000616. The third kappa shape index (κ3) is 8.08. The van der Waals surface area contributed by atoms with E-state index in [0.717, 1.165) is 0 Å². The SMILES string of the molecule is N=C(N)c1ccc(Oc2ccc(NS(=O)(=O)c3ccccc3)cc2-c2ccccc2C(=O)O)cc1.O=C(O)C(F)(F)F. The van der Waals surface area contributed by atoms with Crippen molar-refractivity contribution in [3.05, 3.63) is 108 Å². The molecule has 4 aromatic carbocycles. The van der Waals surface area contributed by atoms with E-state index < -0.39 is 28.1 Å². The van der Waals surface area contributed by atoms with Crippen molar-refractivity contribution in [2.75, 3.05) is 4.72 Å². The molecule has 0 aromatic heterocycles. The van der Waals surface area contributed by atoms with Crippen LogP contribution in [0.4, 0.5) is 18.9 Å². The number of alkyl halides is 3. The van der Waals surface area contributed by atoms with Crippen molar-refractivity contribution in [2.45, 2.75) is 11.1 Å². The number of nitrogens with one attached hydrogen (secondary N) is 2. The zero-order valence-corrected chi connectivity index (χ0v) is 22.1. The second-order valence-electron chi connectivity index (χ2n) is 8.32. The molecule has 14 heteroatoms. The van der Waals surface area contributed by atoms with E-state index in [9.17, 15) is 31.5 Å². The molecule has 4 aromatic rings. The van der Waals surface area contributed by atoms with Gasteiger partial charge in [0.05, 0.1) is 10.5 Å². The van der Waals surface area contributed by atoms with Gasteiger partial charge in [-0.05, 0) is 66.2 Å². The summed E-state index contributed by atoms with van der Waals surface area (Å²) in [7, 11) is -3.86. The van der Waals surface area contributed by atoms with Crippen molar-refractivity contribution in [1.29, 1.82) is 5.41 Å². The molecule has 10 nitrogen and oxygen atoms in total. The molecular weight excluding hydrogens is 579 g/mol. The van der Waals surface area contributed by atoms with Crippen LogP contribution in [0.2, 0.25) is 0 Å². The van der Waals surface area contributed by atoms with Gasteiger partial charge in [-0.15, -0.1) is 0 Å². The van der Waals surface area contributed by atoms with Gasteiger partial charge in [0, 0.05) is 16.8 Å². The minimum absolute atomic E-state index is 0.0346. The summed E-state index contributed by atoms with van der Waals surface area (Å²) in [4.78, 5) is 20.9. The Morgan fingerprint density at radius 1 is 0.833 bits per heavy atom. The molecule has 0 aliphatic carbocycles. The molecule has 0 bridgehead atoms. The Kier molecular flexibility index (Phi) is 9.55. The highest BCUT2D eigenvalue weighted by Crippen LogP contribution is 2.38. The summed E-state index contributed by atoms with van der Waals surface area (Å²) >= 11 is 0. The number of aliphatic carboxylic acids is 1. The molecule has 0 saturated heterocycles. The van der Waals surface area contributed by atoms with Crippen LogP contribution >= 0.6 is 0 Å². The van der Waals surface area contributed by atoms with Crippen molar-refractivity contribution >= 4 is 33.5 Å². The Labute approximate surface area is 237 Å². The van der Waals surface area contributed by atoms with E-state index in [1.165, 1.54) is 30.3 Å². The first-order chi connectivity index (χ1) is 19.7. The number of rotatable bonds is 8. The lowest BCUT2D eigenvalue weighted by atomic mass is 9.98. The van der Waals surface area contributed by atoms with E-state index in [4.69, 9.17) is 25.8 Å². The molecule has 0 fully saturated rings. The van der Waals surface area contributed by atoms with Gasteiger partial charge < -0.3 is 20.7 Å². The average Bonchev–Trinajstić information content (AvgIpc) is 2.94. The molecule has 4 rings (SSSR count). The normalized spacial score (nSPS) is 11.0. The number of hydrogen-bond donors (Lipinski definition) is 5. The molecule has 6 N–H and O–H groups in total. The van der Waals surface area contributed by atoms with E-state index in [0.29, 0.717) is 28.2 Å². The number of carbonyl (C=O) groups is 2. The molecule has 0 unspecified atom stereocenters. The molecule has 0 spiro atoms. The van der Waals surface area contributed by atoms with Crippen LogP contribution in [0.3, 0.4) is 0 Å². The minimum Gasteiger partial charge on any atom is -0.478 e. The zero-order valence-electron chi connectivity index (χ0n) is 21.3. The Hall–Kier alpha value is -5.37. The summed E-state index contributed by atoms with van der Waals surface area (Å²) in [5.74, 6) is -3.22. The molecule has 0 aliphatic rings. The van der Waals surface area contributed by atoms with Crippen LogP contribution in [0.25, 0.3) is 11.1 Å². The molecule has 0 aliphatic heterocycles. The maximum atomic E-state index is 12.8. The van der Waals surface area contributed by atoms with Crippen LogP contribution in [0.1, 0.15) is 15.9 Å². The van der Waals surface area contributed by atoms with E-state index in [1.54, 1.807) is 66.7 Å². The monoisotopic (exact) mass is 601 g/mol. The van der Waals surface area contributed by atoms with Gasteiger partial charge in [-0.1, -0.05) is 36.4 Å². The van der Waals surface area contributed by atoms with Gasteiger partial charge in [-0.2, -0.15) is 13.2 Å². The van der Waals surface area contributed by atoms with Crippen LogP contribution in [-0.2, 0) is 14.8 Å². The van der Waals surface area contributed by atoms with E-state index in [1.807, 2.05) is 0 Å². The Morgan fingerprint density at radius 3 is 1.95 bits per heavy atom. The molecule has 42 heavy (non-hydrogen) atoms. The van der Waals surface area contributed by atoms with Crippen LogP contribution in [-0.4, -0.2) is 42.6 Å². The van der Waals surface area contributed by atoms with Crippen molar-refractivity contribution in [2.24, 2.45) is 5.73 Å². The summed E-state index contributed by atoms with van der Waals surface area (Å²) in [6.45, 7) is 0. The first-order valence-corrected chi connectivity index (χ1v) is 13.1. The van der Waals surface area contributed by atoms with Crippen molar-refractivity contribution < 1.29 is 46.1 Å². The smallest absolute Gasteiger partial charge is 0.478 e. The van der Waals surface area contributed by atoms with Crippen LogP contribution in [0.15, 0.2) is 102 Å². The number of nitrogen functional groups attached to an aromatic ring is 1. The topological polar surface area (TPSA) is 180 Å². The number of benzene rings is 4. The summed E-state index contributed by atoms with van der Waals surface area (Å²) < 4.78 is 65.9. The highest BCUT2D eigenvalue weighted by Gasteiger charge is 2.38. The number of ether oxygens (including phenoxy) is 1. The van der Waals surface area contributed by atoms with Crippen LogP contribution in [0.5, 0.6) is 11.5 Å². The fraction of sp³-hybridized carbons (Fsp3) is 0.0357. The second-order valence-corrected chi connectivity index (χ2v) is 10.0. The molecule has 0 amide bonds.